The number of methoxy groups -OCH3 is 1. The summed E-state index contributed by atoms with van der Waals surface area (Å²) in [6, 6.07) is 13.1. The molecule has 2 heterocycles. The SMILES string of the molecule is COc1ccc2nc(N(CC[NH+](C)C)C(=O)[C@@H]3COc4ccccc4O3)sc2c1. The van der Waals surface area contributed by atoms with Gasteiger partial charge in [-0.25, -0.2) is 4.98 Å². The van der Waals surface area contributed by atoms with Crippen LogP contribution in [-0.2, 0) is 4.79 Å². The van der Waals surface area contributed by atoms with Gasteiger partial charge in [0.2, 0.25) is 6.10 Å². The van der Waals surface area contributed by atoms with Gasteiger partial charge in [-0.05, 0) is 30.3 Å². The predicted molar refractivity (Wildman–Crippen MR) is 113 cm³/mol. The van der Waals surface area contributed by atoms with E-state index in [-0.39, 0.29) is 12.5 Å². The third kappa shape index (κ3) is 4.13. The smallest absolute Gasteiger partial charge is 0.273 e. The molecule has 0 unspecified atom stereocenters. The lowest BCUT2D eigenvalue weighted by atomic mass is 10.2. The van der Waals surface area contributed by atoms with E-state index in [2.05, 4.69) is 19.1 Å². The molecule has 1 amide bonds. The second kappa shape index (κ2) is 8.26. The van der Waals surface area contributed by atoms with Gasteiger partial charge in [-0.1, -0.05) is 23.5 Å². The third-order valence-corrected chi connectivity index (χ3v) is 5.74. The molecule has 0 fully saturated rings. The number of nitrogens with zero attached hydrogens (tertiary/aromatic N) is 2. The van der Waals surface area contributed by atoms with Crippen LogP contribution in [0.2, 0.25) is 0 Å². The summed E-state index contributed by atoms with van der Waals surface area (Å²) in [5.74, 6) is 1.87. The molecule has 4 rings (SSSR count). The van der Waals surface area contributed by atoms with Gasteiger partial charge < -0.3 is 19.1 Å². The Morgan fingerprint density at radius 1 is 1.28 bits per heavy atom. The van der Waals surface area contributed by atoms with Crippen molar-refractivity contribution in [2.24, 2.45) is 0 Å². The number of nitrogens with one attached hydrogen (secondary N) is 1. The number of anilines is 1. The first-order valence-corrected chi connectivity index (χ1v) is 10.3. The lowest BCUT2D eigenvalue weighted by molar-refractivity contribution is -0.856. The Bertz CT molecular complexity index is 1020. The lowest BCUT2D eigenvalue weighted by Gasteiger charge is -2.29. The standard InChI is InChI=1S/C21H23N3O4S/c1-23(2)10-11-24(21-22-15-9-8-14(26-3)12-19(15)29-21)20(25)18-13-27-16-6-4-5-7-17(16)28-18/h4-9,12,18H,10-11,13H2,1-3H3/p+1/t18-/m0/s1. The van der Waals surface area contributed by atoms with Gasteiger partial charge in [-0.3, -0.25) is 9.69 Å². The molecule has 1 aromatic heterocycles. The molecule has 152 valence electrons. The summed E-state index contributed by atoms with van der Waals surface area (Å²) in [4.78, 5) is 21.0. The van der Waals surface area contributed by atoms with Gasteiger partial charge in [-0.2, -0.15) is 0 Å². The van der Waals surface area contributed by atoms with E-state index in [0.717, 1.165) is 22.5 Å². The monoisotopic (exact) mass is 414 g/mol. The van der Waals surface area contributed by atoms with Crippen LogP contribution in [0.25, 0.3) is 10.2 Å². The minimum atomic E-state index is -0.705. The van der Waals surface area contributed by atoms with Gasteiger partial charge in [0.15, 0.2) is 16.6 Å². The van der Waals surface area contributed by atoms with E-state index in [1.165, 1.54) is 16.2 Å². The molecule has 1 aliphatic heterocycles. The molecule has 1 aliphatic rings. The molecule has 3 aromatic rings. The van der Waals surface area contributed by atoms with Gasteiger partial charge in [0, 0.05) is 0 Å². The molecular weight excluding hydrogens is 390 g/mol. The van der Waals surface area contributed by atoms with Crippen LogP contribution in [0.3, 0.4) is 0 Å². The van der Waals surface area contributed by atoms with Crippen LogP contribution in [0.1, 0.15) is 0 Å². The van der Waals surface area contributed by atoms with Gasteiger partial charge in [-0.15, -0.1) is 0 Å². The van der Waals surface area contributed by atoms with Gasteiger partial charge in [0.05, 0.1) is 44.5 Å². The third-order valence-electron chi connectivity index (χ3n) is 4.70. The van der Waals surface area contributed by atoms with Crippen molar-refractivity contribution in [3.63, 3.8) is 0 Å². The molecule has 0 aliphatic carbocycles. The summed E-state index contributed by atoms with van der Waals surface area (Å²) >= 11 is 1.47. The molecule has 0 saturated heterocycles. The molecule has 29 heavy (non-hydrogen) atoms. The highest BCUT2D eigenvalue weighted by molar-refractivity contribution is 7.22. The van der Waals surface area contributed by atoms with Crippen molar-refractivity contribution in [1.82, 2.24) is 4.98 Å². The minimum Gasteiger partial charge on any atom is -0.497 e. The maximum absolute atomic E-state index is 13.4. The molecule has 0 radical (unpaired) electrons. The number of benzene rings is 2. The Morgan fingerprint density at radius 3 is 2.83 bits per heavy atom. The number of aromatic nitrogens is 1. The molecule has 2 aromatic carbocycles. The summed E-state index contributed by atoms with van der Waals surface area (Å²) in [5.41, 5.74) is 0.840. The highest BCUT2D eigenvalue weighted by atomic mass is 32.1. The summed E-state index contributed by atoms with van der Waals surface area (Å²) in [6.07, 6.45) is -0.705. The molecule has 0 saturated carbocycles. The zero-order valence-electron chi connectivity index (χ0n) is 16.7. The average molecular weight is 415 g/mol. The van der Waals surface area contributed by atoms with Crippen molar-refractivity contribution in [1.29, 1.82) is 0 Å². The first kappa shape index (κ1) is 19.5. The molecule has 1 N–H and O–H groups in total. The minimum absolute atomic E-state index is 0.147. The average Bonchev–Trinajstić information content (AvgIpc) is 3.15. The van der Waals surface area contributed by atoms with Crippen LogP contribution >= 0.6 is 11.3 Å². The number of para-hydroxylation sites is 2. The van der Waals surface area contributed by atoms with E-state index < -0.39 is 6.10 Å². The van der Waals surface area contributed by atoms with Crippen LogP contribution in [0.4, 0.5) is 5.13 Å². The van der Waals surface area contributed by atoms with Crippen molar-refractivity contribution in [3.05, 3.63) is 42.5 Å². The number of thiazole rings is 1. The zero-order valence-corrected chi connectivity index (χ0v) is 17.5. The van der Waals surface area contributed by atoms with Gasteiger partial charge in [0.25, 0.3) is 5.91 Å². The first-order chi connectivity index (χ1) is 14.0. The highest BCUT2D eigenvalue weighted by Crippen LogP contribution is 2.34. The van der Waals surface area contributed by atoms with E-state index in [0.29, 0.717) is 23.2 Å². The number of carbonyl (C=O) groups excluding carboxylic acids is 1. The van der Waals surface area contributed by atoms with Gasteiger partial charge in [0.1, 0.15) is 12.4 Å². The van der Waals surface area contributed by atoms with Crippen molar-refractivity contribution in [3.8, 4) is 17.2 Å². The summed E-state index contributed by atoms with van der Waals surface area (Å²) in [5, 5.41) is 0.655. The lowest BCUT2D eigenvalue weighted by Crippen LogP contribution is -3.06. The second-order valence-electron chi connectivity index (χ2n) is 7.14. The number of quaternary nitrogens is 1. The van der Waals surface area contributed by atoms with Crippen LogP contribution in [0.15, 0.2) is 42.5 Å². The van der Waals surface area contributed by atoms with E-state index in [1.807, 2.05) is 42.5 Å². The van der Waals surface area contributed by atoms with E-state index >= 15 is 0 Å². The zero-order chi connectivity index (χ0) is 20.4. The molecular formula is C21H24N3O4S+. The number of ether oxygens (including phenoxy) is 3. The number of amides is 1. The Balaban J connectivity index is 1.62. The van der Waals surface area contributed by atoms with E-state index in [9.17, 15) is 4.79 Å². The van der Waals surface area contributed by atoms with Crippen LogP contribution < -0.4 is 24.0 Å². The fraction of sp³-hybridized carbons (Fsp3) is 0.333. The molecule has 8 heteroatoms. The number of likely N-dealkylation sites (N-methyl/N-ethyl adjacent to an activating group) is 1. The quantitative estimate of drug-likeness (QED) is 0.664. The van der Waals surface area contributed by atoms with Crippen molar-refractivity contribution >= 4 is 32.6 Å². The van der Waals surface area contributed by atoms with E-state index in [4.69, 9.17) is 14.2 Å². The maximum Gasteiger partial charge on any atom is 0.273 e. The number of fused-ring (bicyclic) bond motifs is 2. The Hall–Kier alpha value is -2.84. The Kier molecular flexibility index (Phi) is 5.55. The molecule has 7 nitrogen and oxygen atoms in total. The topological polar surface area (TPSA) is 65.3 Å². The fourth-order valence-electron chi connectivity index (χ4n) is 3.09. The van der Waals surface area contributed by atoms with Crippen LogP contribution in [0, 0.1) is 0 Å². The molecule has 0 spiro atoms. The van der Waals surface area contributed by atoms with E-state index in [1.54, 1.807) is 12.0 Å². The highest BCUT2D eigenvalue weighted by Gasteiger charge is 2.33. The number of hydrogen-bond acceptors (Lipinski definition) is 6. The van der Waals surface area contributed by atoms with Crippen LogP contribution in [0.5, 0.6) is 17.2 Å². The maximum atomic E-state index is 13.4. The second-order valence-corrected chi connectivity index (χ2v) is 8.15. The summed E-state index contributed by atoms with van der Waals surface area (Å²) < 4.78 is 18.0. The van der Waals surface area contributed by atoms with Crippen molar-refractivity contribution in [2.45, 2.75) is 6.10 Å². The Morgan fingerprint density at radius 2 is 2.07 bits per heavy atom. The fourth-order valence-corrected chi connectivity index (χ4v) is 4.11. The first-order valence-electron chi connectivity index (χ1n) is 9.48. The van der Waals surface area contributed by atoms with Crippen molar-refractivity contribution in [2.75, 3.05) is 45.8 Å². The summed E-state index contributed by atoms with van der Waals surface area (Å²) in [6.45, 7) is 1.51. The van der Waals surface area contributed by atoms with Crippen molar-refractivity contribution < 1.29 is 23.9 Å². The Labute approximate surface area is 173 Å². The molecule has 1 atom stereocenters. The number of hydrogen-bond donors (Lipinski definition) is 1. The van der Waals surface area contributed by atoms with Gasteiger partial charge >= 0.3 is 0 Å². The number of rotatable bonds is 6. The summed E-state index contributed by atoms with van der Waals surface area (Å²) in [7, 11) is 5.75. The normalized spacial score (nSPS) is 15.5. The van der Waals surface area contributed by atoms with Crippen LogP contribution in [-0.4, -0.2) is 57.9 Å². The predicted octanol–water partition coefficient (Wildman–Crippen LogP) is 1.62. The number of carbonyl (C=O) groups is 1. The largest absolute Gasteiger partial charge is 0.497 e. The molecule has 0 bridgehead atoms.